The fraction of sp³-hybridized carbons (Fsp3) is 0.708. The van der Waals surface area contributed by atoms with Crippen LogP contribution in [0.25, 0.3) is 0 Å². The summed E-state index contributed by atoms with van der Waals surface area (Å²) in [7, 11) is 0. The highest BCUT2D eigenvalue weighted by molar-refractivity contribution is 6.35. The van der Waals surface area contributed by atoms with Crippen molar-refractivity contribution in [3.63, 3.8) is 0 Å². The Morgan fingerprint density at radius 3 is 1.79 bits per heavy atom. The van der Waals surface area contributed by atoms with Crippen molar-refractivity contribution in [2.45, 2.75) is 109 Å². The molecule has 1 rings (SSSR count). The Balaban J connectivity index is 2.04. The van der Waals surface area contributed by atoms with Gasteiger partial charge in [-0.25, -0.2) is 4.79 Å². The number of hydrogen-bond donors (Lipinski definition) is 1. The van der Waals surface area contributed by atoms with Gasteiger partial charge in [0.25, 0.3) is 0 Å². The normalized spacial score (nSPS) is 12.1. The molecule has 0 aliphatic carbocycles. The van der Waals surface area contributed by atoms with E-state index in [4.69, 9.17) is 27.9 Å². The third kappa shape index (κ3) is 13.1. The molecule has 1 aromatic carbocycles. The fourth-order valence-corrected chi connectivity index (χ4v) is 3.93. The van der Waals surface area contributed by atoms with Crippen LogP contribution in [0.2, 0.25) is 10.0 Å². The molecule has 0 aliphatic rings. The van der Waals surface area contributed by atoms with Crippen LogP contribution in [0.3, 0.4) is 0 Å². The largest absolute Gasteiger partial charge is 0.479 e. The Hall–Kier alpha value is -0.930. The number of carboxylic acid groups (broad SMARTS) is 1. The number of rotatable bonds is 18. The van der Waals surface area contributed by atoms with Crippen molar-refractivity contribution in [2.24, 2.45) is 0 Å². The molecule has 3 nitrogen and oxygen atoms in total. The van der Waals surface area contributed by atoms with Gasteiger partial charge in [-0.2, -0.15) is 0 Å². The minimum absolute atomic E-state index is 0.338. The number of ether oxygens (including phenoxy) is 1. The van der Waals surface area contributed by atoms with Crippen LogP contribution >= 0.6 is 23.2 Å². The average Bonchev–Trinajstić information content (AvgIpc) is 2.68. The van der Waals surface area contributed by atoms with E-state index in [0.29, 0.717) is 22.2 Å². The number of hydrogen-bond acceptors (Lipinski definition) is 2. The summed E-state index contributed by atoms with van der Waals surface area (Å²) < 4.78 is 5.58. The quantitative estimate of drug-likeness (QED) is 0.230. The lowest BCUT2D eigenvalue weighted by molar-refractivity contribution is -0.145. The molecule has 0 saturated carbocycles. The molecule has 0 heterocycles. The summed E-state index contributed by atoms with van der Waals surface area (Å²) in [4.78, 5) is 11.5. The molecule has 0 fully saturated rings. The lowest BCUT2D eigenvalue weighted by atomic mass is 10.0. The topological polar surface area (TPSA) is 46.5 Å². The van der Waals surface area contributed by atoms with Crippen LogP contribution in [-0.2, 0) is 4.79 Å². The van der Waals surface area contributed by atoms with E-state index in [0.717, 1.165) is 19.3 Å². The highest BCUT2D eigenvalue weighted by Crippen LogP contribution is 2.29. The first-order valence-electron chi connectivity index (χ1n) is 11.4. The van der Waals surface area contributed by atoms with E-state index in [2.05, 4.69) is 6.92 Å². The van der Waals surface area contributed by atoms with Gasteiger partial charge in [0.2, 0.25) is 0 Å². The first-order chi connectivity index (χ1) is 14.0. The highest BCUT2D eigenvalue weighted by atomic mass is 35.5. The highest BCUT2D eigenvalue weighted by Gasteiger charge is 2.20. The SMILES string of the molecule is CCCCCCCCCCCCCCCC[C@H](Oc1ccc(Cl)cc1Cl)C(=O)O. The Morgan fingerprint density at radius 2 is 1.34 bits per heavy atom. The molecule has 0 saturated heterocycles. The van der Waals surface area contributed by atoms with Crippen molar-refractivity contribution in [3.8, 4) is 5.75 Å². The average molecular weight is 445 g/mol. The molecule has 1 aromatic rings. The molecule has 1 atom stereocenters. The molecular weight excluding hydrogens is 407 g/mol. The van der Waals surface area contributed by atoms with Crippen LogP contribution in [0.1, 0.15) is 103 Å². The van der Waals surface area contributed by atoms with Gasteiger partial charge in [-0.15, -0.1) is 0 Å². The standard InChI is InChI=1S/C24H38Cl2O3/c1-2-3-4-5-6-7-8-9-10-11-12-13-14-15-16-23(24(27)28)29-22-18-17-20(25)19-21(22)26/h17-19,23H,2-16H2,1H3,(H,27,28)/t23-/m0/s1. The van der Waals surface area contributed by atoms with Crippen LogP contribution < -0.4 is 4.74 Å². The Kier molecular flexibility index (Phi) is 15.1. The summed E-state index contributed by atoms with van der Waals surface area (Å²) in [5.74, 6) is -0.584. The van der Waals surface area contributed by atoms with Gasteiger partial charge >= 0.3 is 5.97 Å². The van der Waals surface area contributed by atoms with E-state index in [1.54, 1.807) is 18.2 Å². The number of unbranched alkanes of at least 4 members (excludes halogenated alkanes) is 13. The van der Waals surface area contributed by atoms with Gasteiger partial charge in [-0.1, -0.05) is 114 Å². The van der Waals surface area contributed by atoms with Crippen molar-refractivity contribution < 1.29 is 14.6 Å². The minimum atomic E-state index is -0.953. The van der Waals surface area contributed by atoms with Gasteiger partial charge in [0.15, 0.2) is 6.10 Å². The van der Waals surface area contributed by atoms with Gasteiger partial charge in [0, 0.05) is 5.02 Å². The van der Waals surface area contributed by atoms with Gasteiger partial charge in [-0.05, 0) is 31.0 Å². The predicted octanol–water partition coefficient (Wildman–Crippen LogP) is 8.70. The van der Waals surface area contributed by atoms with Crippen molar-refractivity contribution in [3.05, 3.63) is 28.2 Å². The maximum absolute atomic E-state index is 11.5. The molecule has 5 heteroatoms. The van der Waals surface area contributed by atoms with Gasteiger partial charge in [0.05, 0.1) is 5.02 Å². The maximum atomic E-state index is 11.5. The van der Waals surface area contributed by atoms with Crippen LogP contribution in [0.5, 0.6) is 5.75 Å². The Morgan fingerprint density at radius 1 is 0.862 bits per heavy atom. The second kappa shape index (κ2) is 16.8. The molecule has 0 spiro atoms. The van der Waals surface area contributed by atoms with E-state index in [1.807, 2.05) is 0 Å². The number of aliphatic carboxylic acids is 1. The van der Waals surface area contributed by atoms with Crippen molar-refractivity contribution in [1.82, 2.24) is 0 Å². The monoisotopic (exact) mass is 444 g/mol. The van der Waals surface area contributed by atoms with Crippen molar-refractivity contribution in [2.75, 3.05) is 0 Å². The van der Waals surface area contributed by atoms with E-state index < -0.39 is 12.1 Å². The molecule has 166 valence electrons. The first kappa shape index (κ1) is 26.1. The zero-order valence-corrected chi connectivity index (χ0v) is 19.4. The Bertz CT molecular complexity index is 563. The summed E-state index contributed by atoms with van der Waals surface area (Å²) in [5, 5.41) is 10.2. The first-order valence-corrected chi connectivity index (χ1v) is 12.1. The summed E-state index contributed by atoms with van der Waals surface area (Å²) in [5.41, 5.74) is 0. The van der Waals surface area contributed by atoms with Gasteiger partial charge in [0.1, 0.15) is 5.75 Å². The summed E-state index contributed by atoms with van der Waals surface area (Å²) in [6, 6.07) is 4.82. The molecule has 1 N–H and O–H groups in total. The summed E-state index contributed by atoms with van der Waals surface area (Å²) >= 11 is 11.9. The molecule has 0 aliphatic heterocycles. The summed E-state index contributed by atoms with van der Waals surface area (Å²) in [6.07, 6.45) is 17.5. The molecule has 0 unspecified atom stereocenters. The van der Waals surface area contributed by atoms with E-state index in [1.165, 1.54) is 70.6 Å². The van der Waals surface area contributed by atoms with Crippen LogP contribution in [0.4, 0.5) is 0 Å². The molecular formula is C24H38Cl2O3. The second-order valence-corrected chi connectivity index (χ2v) is 8.75. The zero-order valence-electron chi connectivity index (χ0n) is 17.9. The smallest absolute Gasteiger partial charge is 0.344 e. The van der Waals surface area contributed by atoms with Gasteiger partial charge < -0.3 is 9.84 Å². The molecule has 0 amide bonds. The predicted molar refractivity (Wildman–Crippen MR) is 123 cm³/mol. The third-order valence-corrected chi connectivity index (χ3v) is 5.79. The van der Waals surface area contributed by atoms with Crippen LogP contribution in [0.15, 0.2) is 18.2 Å². The number of benzene rings is 1. The van der Waals surface area contributed by atoms with Crippen LogP contribution in [0, 0.1) is 0 Å². The molecule has 0 bridgehead atoms. The van der Waals surface area contributed by atoms with Crippen LogP contribution in [-0.4, -0.2) is 17.2 Å². The van der Waals surface area contributed by atoms with Crippen molar-refractivity contribution in [1.29, 1.82) is 0 Å². The molecule has 0 aromatic heterocycles. The number of carbonyl (C=O) groups is 1. The zero-order chi connectivity index (χ0) is 21.3. The molecule has 0 radical (unpaired) electrons. The third-order valence-electron chi connectivity index (χ3n) is 5.26. The molecule has 29 heavy (non-hydrogen) atoms. The van der Waals surface area contributed by atoms with Crippen molar-refractivity contribution >= 4 is 29.2 Å². The van der Waals surface area contributed by atoms with E-state index in [9.17, 15) is 9.90 Å². The minimum Gasteiger partial charge on any atom is -0.479 e. The summed E-state index contributed by atoms with van der Waals surface area (Å²) in [6.45, 7) is 2.26. The fourth-order valence-electron chi connectivity index (χ4n) is 3.48. The number of carboxylic acids is 1. The van der Waals surface area contributed by atoms with E-state index >= 15 is 0 Å². The lowest BCUT2D eigenvalue weighted by Gasteiger charge is -2.16. The van der Waals surface area contributed by atoms with Gasteiger partial charge in [-0.3, -0.25) is 0 Å². The second-order valence-electron chi connectivity index (χ2n) is 7.90. The lowest BCUT2D eigenvalue weighted by Crippen LogP contribution is -2.27. The maximum Gasteiger partial charge on any atom is 0.344 e. The number of halogens is 2. The van der Waals surface area contributed by atoms with E-state index in [-0.39, 0.29) is 0 Å². The Labute approximate surface area is 187 Å².